The molecule has 6 heteroatoms. The standard InChI is InChI=1S/C25H25NO5/c1-30-23-9-8-16(13-21(23)27)12-20-19-15-22(28)24(31-2)14-18(19)10-11-26(20)25(29)17-6-4-3-5-7-17/h3-9,13-15,20,27-28H,10-12H2,1-2H3. The predicted molar refractivity (Wildman–Crippen MR) is 117 cm³/mol. The second-order valence-electron chi connectivity index (χ2n) is 7.56. The quantitative estimate of drug-likeness (QED) is 0.651. The van der Waals surface area contributed by atoms with Gasteiger partial charge in [0, 0.05) is 12.1 Å². The van der Waals surface area contributed by atoms with E-state index in [1.165, 1.54) is 14.2 Å². The van der Waals surface area contributed by atoms with E-state index >= 15 is 0 Å². The van der Waals surface area contributed by atoms with Crippen molar-refractivity contribution >= 4 is 5.91 Å². The number of rotatable bonds is 5. The van der Waals surface area contributed by atoms with Crippen molar-refractivity contribution in [2.45, 2.75) is 18.9 Å². The number of benzene rings is 3. The van der Waals surface area contributed by atoms with E-state index in [4.69, 9.17) is 9.47 Å². The van der Waals surface area contributed by atoms with Gasteiger partial charge in [0.05, 0.1) is 20.3 Å². The lowest BCUT2D eigenvalue weighted by molar-refractivity contribution is 0.0659. The fourth-order valence-electron chi connectivity index (χ4n) is 4.18. The Labute approximate surface area is 181 Å². The first kappa shape index (κ1) is 20.6. The van der Waals surface area contributed by atoms with Crippen LogP contribution in [0.2, 0.25) is 0 Å². The zero-order valence-corrected chi connectivity index (χ0v) is 17.5. The number of phenolic OH excluding ortho intramolecular Hbond substituents is 2. The second-order valence-corrected chi connectivity index (χ2v) is 7.56. The summed E-state index contributed by atoms with van der Waals surface area (Å²) in [6, 6.07) is 17.6. The minimum absolute atomic E-state index is 0.0397. The van der Waals surface area contributed by atoms with E-state index in [0.717, 1.165) is 16.7 Å². The molecule has 0 aromatic heterocycles. The molecule has 4 rings (SSSR count). The fraction of sp³-hybridized carbons (Fsp3) is 0.240. The van der Waals surface area contributed by atoms with Gasteiger partial charge in [-0.1, -0.05) is 24.3 Å². The van der Waals surface area contributed by atoms with Gasteiger partial charge in [0.1, 0.15) is 0 Å². The van der Waals surface area contributed by atoms with Crippen molar-refractivity contribution in [1.29, 1.82) is 0 Å². The van der Waals surface area contributed by atoms with Gasteiger partial charge in [-0.2, -0.15) is 0 Å². The molecule has 1 aliphatic heterocycles. The number of methoxy groups -OCH3 is 2. The Kier molecular flexibility index (Phi) is 5.71. The van der Waals surface area contributed by atoms with Crippen LogP contribution < -0.4 is 9.47 Å². The molecule has 0 radical (unpaired) electrons. The lowest BCUT2D eigenvalue weighted by Gasteiger charge is -2.38. The molecule has 0 fully saturated rings. The lowest BCUT2D eigenvalue weighted by Crippen LogP contribution is -2.41. The van der Waals surface area contributed by atoms with Gasteiger partial charge in [0.15, 0.2) is 23.0 Å². The van der Waals surface area contributed by atoms with E-state index < -0.39 is 0 Å². The maximum atomic E-state index is 13.4. The van der Waals surface area contributed by atoms with Crippen molar-refractivity contribution in [3.63, 3.8) is 0 Å². The van der Waals surface area contributed by atoms with Gasteiger partial charge in [-0.3, -0.25) is 4.79 Å². The smallest absolute Gasteiger partial charge is 0.254 e. The summed E-state index contributed by atoms with van der Waals surface area (Å²) in [4.78, 5) is 15.2. The van der Waals surface area contributed by atoms with Crippen LogP contribution in [0.15, 0.2) is 60.7 Å². The van der Waals surface area contributed by atoms with Crippen LogP contribution in [-0.4, -0.2) is 41.8 Å². The fourth-order valence-corrected chi connectivity index (χ4v) is 4.18. The summed E-state index contributed by atoms with van der Waals surface area (Å²) in [6.07, 6.45) is 1.14. The molecule has 1 amide bonds. The molecule has 1 heterocycles. The molecular formula is C25H25NO5. The van der Waals surface area contributed by atoms with E-state index in [2.05, 4.69) is 0 Å². The van der Waals surface area contributed by atoms with Crippen molar-refractivity contribution in [3.05, 3.63) is 82.9 Å². The van der Waals surface area contributed by atoms with Crippen LogP contribution in [0.5, 0.6) is 23.0 Å². The summed E-state index contributed by atoms with van der Waals surface area (Å²) in [5, 5.41) is 20.6. The average Bonchev–Trinajstić information content (AvgIpc) is 2.79. The van der Waals surface area contributed by atoms with E-state index in [9.17, 15) is 15.0 Å². The normalized spacial score (nSPS) is 15.3. The Balaban J connectivity index is 1.76. The summed E-state index contributed by atoms with van der Waals surface area (Å²) in [5.74, 6) is 0.839. The third kappa shape index (κ3) is 4.01. The second kappa shape index (κ2) is 8.60. The molecule has 3 aromatic rings. The zero-order chi connectivity index (χ0) is 22.0. The Morgan fingerprint density at radius 2 is 1.68 bits per heavy atom. The molecule has 0 spiro atoms. The molecule has 1 unspecified atom stereocenters. The molecule has 3 aromatic carbocycles. The van der Waals surface area contributed by atoms with Crippen LogP contribution >= 0.6 is 0 Å². The molecule has 0 bridgehead atoms. The molecular weight excluding hydrogens is 394 g/mol. The molecule has 160 valence electrons. The van der Waals surface area contributed by atoms with Crippen LogP contribution in [-0.2, 0) is 12.8 Å². The Morgan fingerprint density at radius 1 is 0.968 bits per heavy atom. The highest BCUT2D eigenvalue weighted by Gasteiger charge is 2.32. The van der Waals surface area contributed by atoms with Gasteiger partial charge in [0.25, 0.3) is 5.91 Å². The van der Waals surface area contributed by atoms with Crippen molar-refractivity contribution in [1.82, 2.24) is 4.90 Å². The van der Waals surface area contributed by atoms with Gasteiger partial charge in [-0.15, -0.1) is 0 Å². The number of phenols is 2. The van der Waals surface area contributed by atoms with E-state index in [-0.39, 0.29) is 23.4 Å². The summed E-state index contributed by atoms with van der Waals surface area (Å²) < 4.78 is 10.4. The third-order valence-corrected chi connectivity index (χ3v) is 5.75. The number of amides is 1. The van der Waals surface area contributed by atoms with Crippen molar-refractivity contribution < 1.29 is 24.5 Å². The first-order chi connectivity index (χ1) is 15.0. The van der Waals surface area contributed by atoms with Gasteiger partial charge in [-0.25, -0.2) is 0 Å². The SMILES string of the molecule is COc1ccc(CC2c3cc(O)c(OC)cc3CCN2C(=O)c2ccccc2)cc1O. The van der Waals surface area contributed by atoms with E-state index in [0.29, 0.717) is 36.4 Å². The molecule has 0 aliphatic carbocycles. The first-order valence-electron chi connectivity index (χ1n) is 10.1. The van der Waals surface area contributed by atoms with Gasteiger partial charge < -0.3 is 24.6 Å². The summed E-state index contributed by atoms with van der Waals surface area (Å²) in [6.45, 7) is 0.543. The van der Waals surface area contributed by atoms with E-state index in [1.807, 2.05) is 35.2 Å². The summed E-state index contributed by atoms with van der Waals surface area (Å²) >= 11 is 0. The molecule has 2 N–H and O–H groups in total. The Hall–Kier alpha value is -3.67. The molecule has 31 heavy (non-hydrogen) atoms. The van der Waals surface area contributed by atoms with Crippen LogP contribution in [0.3, 0.4) is 0 Å². The third-order valence-electron chi connectivity index (χ3n) is 5.75. The number of hydrogen-bond donors (Lipinski definition) is 2. The number of fused-ring (bicyclic) bond motifs is 1. The van der Waals surface area contributed by atoms with Crippen LogP contribution in [0.25, 0.3) is 0 Å². The number of hydrogen-bond acceptors (Lipinski definition) is 5. The van der Waals surface area contributed by atoms with Crippen LogP contribution in [0, 0.1) is 0 Å². The Bertz CT molecular complexity index is 1100. The summed E-state index contributed by atoms with van der Waals surface area (Å²) in [7, 11) is 3.02. The lowest BCUT2D eigenvalue weighted by atomic mass is 9.87. The van der Waals surface area contributed by atoms with Crippen LogP contribution in [0.4, 0.5) is 0 Å². The average molecular weight is 419 g/mol. The minimum atomic E-state index is -0.305. The number of aromatic hydroxyl groups is 2. The minimum Gasteiger partial charge on any atom is -0.504 e. The van der Waals surface area contributed by atoms with E-state index in [1.54, 1.807) is 30.3 Å². The van der Waals surface area contributed by atoms with Gasteiger partial charge >= 0.3 is 0 Å². The maximum Gasteiger partial charge on any atom is 0.254 e. The zero-order valence-electron chi connectivity index (χ0n) is 17.5. The Morgan fingerprint density at radius 3 is 2.35 bits per heavy atom. The molecule has 1 aliphatic rings. The summed E-state index contributed by atoms with van der Waals surface area (Å²) in [5.41, 5.74) is 3.39. The van der Waals surface area contributed by atoms with Gasteiger partial charge in [-0.05, 0) is 65.9 Å². The number of carbonyl (C=O) groups excluding carboxylic acids is 1. The van der Waals surface area contributed by atoms with Crippen molar-refractivity contribution in [2.24, 2.45) is 0 Å². The largest absolute Gasteiger partial charge is 0.504 e. The van der Waals surface area contributed by atoms with Crippen molar-refractivity contribution in [3.8, 4) is 23.0 Å². The highest BCUT2D eigenvalue weighted by molar-refractivity contribution is 5.94. The maximum absolute atomic E-state index is 13.4. The van der Waals surface area contributed by atoms with Crippen molar-refractivity contribution in [2.75, 3.05) is 20.8 Å². The molecule has 0 saturated carbocycles. The van der Waals surface area contributed by atoms with Gasteiger partial charge in [0.2, 0.25) is 0 Å². The molecule has 0 saturated heterocycles. The monoisotopic (exact) mass is 419 g/mol. The first-order valence-corrected chi connectivity index (χ1v) is 10.1. The highest BCUT2D eigenvalue weighted by Crippen LogP contribution is 2.40. The number of nitrogens with zero attached hydrogens (tertiary/aromatic N) is 1. The highest BCUT2D eigenvalue weighted by atomic mass is 16.5. The number of carbonyl (C=O) groups is 1. The topological polar surface area (TPSA) is 79.2 Å². The molecule has 6 nitrogen and oxygen atoms in total. The predicted octanol–water partition coefficient (Wildman–Crippen LogP) is 4.10. The molecule has 1 atom stereocenters. The van der Waals surface area contributed by atoms with Crippen LogP contribution in [0.1, 0.15) is 33.1 Å². The number of ether oxygens (including phenoxy) is 2.